The maximum absolute atomic E-state index is 11.9. The highest BCUT2D eigenvalue weighted by atomic mass is 32.2. The Bertz CT molecular complexity index is 739. The first-order chi connectivity index (χ1) is 15.8. The van der Waals surface area contributed by atoms with E-state index in [-0.39, 0.29) is 24.6 Å². The van der Waals surface area contributed by atoms with Crippen LogP contribution in [0, 0.1) is 11.8 Å². The van der Waals surface area contributed by atoms with Crippen molar-refractivity contribution in [2.24, 2.45) is 11.8 Å². The molecular formula is C24H42N2O6S. The number of hydrogen-bond donors (Lipinski definition) is 3. The van der Waals surface area contributed by atoms with E-state index in [0.717, 1.165) is 57.8 Å². The van der Waals surface area contributed by atoms with Crippen molar-refractivity contribution < 1.29 is 27.9 Å². The number of carbonyl (C=O) groups is 2. The zero-order valence-corrected chi connectivity index (χ0v) is 20.8. The highest BCUT2D eigenvalue weighted by Gasteiger charge is 2.47. The van der Waals surface area contributed by atoms with E-state index in [0.29, 0.717) is 43.4 Å². The topological polar surface area (TPSA) is 122 Å². The Kier molecular flexibility index (Phi) is 12.4. The summed E-state index contributed by atoms with van der Waals surface area (Å²) in [5.74, 6) is 0.0978. The van der Waals surface area contributed by atoms with Crippen molar-refractivity contribution in [3.05, 3.63) is 12.2 Å². The number of fused-ring (bicyclic) bond motifs is 2. The predicted molar refractivity (Wildman–Crippen MR) is 128 cm³/mol. The van der Waals surface area contributed by atoms with Crippen LogP contribution in [0.5, 0.6) is 0 Å². The van der Waals surface area contributed by atoms with Crippen LogP contribution >= 0.6 is 0 Å². The van der Waals surface area contributed by atoms with Gasteiger partial charge in [-0.3, -0.25) is 9.59 Å². The van der Waals surface area contributed by atoms with Gasteiger partial charge in [-0.25, -0.2) is 13.1 Å². The molecule has 33 heavy (non-hydrogen) atoms. The van der Waals surface area contributed by atoms with Crippen LogP contribution in [-0.2, 0) is 24.3 Å². The average Bonchev–Trinajstić information content (AvgIpc) is 3.36. The van der Waals surface area contributed by atoms with Crippen LogP contribution in [0.3, 0.4) is 0 Å². The van der Waals surface area contributed by atoms with E-state index < -0.39 is 16.0 Å². The molecule has 190 valence electrons. The van der Waals surface area contributed by atoms with Crippen molar-refractivity contribution in [1.82, 2.24) is 10.0 Å². The number of unbranched alkanes of at least 4 members (excludes halogenated alkanes) is 4. The number of allylic oxidation sites excluding steroid dienone is 2. The summed E-state index contributed by atoms with van der Waals surface area (Å²) in [5, 5.41) is 11.5. The number of nitrogens with one attached hydrogen (secondary N) is 2. The van der Waals surface area contributed by atoms with Crippen molar-refractivity contribution in [3.63, 3.8) is 0 Å². The van der Waals surface area contributed by atoms with Crippen molar-refractivity contribution in [2.75, 3.05) is 18.8 Å². The Morgan fingerprint density at radius 1 is 1.03 bits per heavy atom. The predicted octanol–water partition coefficient (Wildman–Crippen LogP) is 3.38. The van der Waals surface area contributed by atoms with Crippen LogP contribution in [0.25, 0.3) is 0 Å². The molecule has 9 heteroatoms. The zero-order chi connectivity index (χ0) is 24.1. The van der Waals surface area contributed by atoms with Gasteiger partial charge < -0.3 is 15.2 Å². The molecule has 2 fully saturated rings. The van der Waals surface area contributed by atoms with Gasteiger partial charge in [0.15, 0.2) is 0 Å². The van der Waals surface area contributed by atoms with E-state index in [4.69, 9.17) is 9.84 Å². The third-order valence-electron chi connectivity index (χ3n) is 6.68. The lowest BCUT2D eigenvalue weighted by molar-refractivity contribution is -0.137. The largest absolute Gasteiger partial charge is 0.481 e. The van der Waals surface area contributed by atoms with Gasteiger partial charge in [0.2, 0.25) is 15.9 Å². The second-order valence-electron chi connectivity index (χ2n) is 9.30. The fourth-order valence-electron chi connectivity index (χ4n) is 4.92. The molecule has 0 spiro atoms. The first-order valence-corrected chi connectivity index (χ1v) is 14.2. The van der Waals surface area contributed by atoms with E-state index in [2.05, 4.69) is 22.2 Å². The molecule has 0 aromatic heterocycles. The number of aliphatic carboxylic acids is 1. The van der Waals surface area contributed by atoms with Gasteiger partial charge in [-0.15, -0.1) is 0 Å². The molecule has 2 rings (SSSR count). The van der Waals surface area contributed by atoms with E-state index in [9.17, 15) is 18.0 Å². The molecule has 2 aliphatic rings. The lowest BCUT2D eigenvalue weighted by Gasteiger charge is -2.27. The molecule has 0 saturated carbocycles. The summed E-state index contributed by atoms with van der Waals surface area (Å²) in [4.78, 5) is 22.5. The monoisotopic (exact) mass is 486 g/mol. The first-order valence-electron chi connectivity index (χ1n) is 12.6. The third-order valence-corrected chi connectivity index (χ3v) is 8.09. The number of ether oxygens (including phenoxy) is 1. The number of hydrogen-bond acceptors (Lipinski definition) is 5. The van der Waals surface area contributed by atoms with Crippen molar-refractivity contribution in [2.45, 2.75) is 96.2 Å². The van der Waals surface area contributed by atoms with Gasteiger partial charge >= 0.3 is 5.97 Å². The molecular weight excluding hydrogens is 444 g/mol. The SMILES string of the molecule is CCCCCS(=O)(=O)NCC(=O)NCCCC[C@H]1[C@@H](C/C=C\CCCC(=O)O)[C@H]2CC[C@@H]1O2. The lowest BCUT2D eigenvalue weighted by Crippen LogP contribution is -2.38. The fraction of sp³-hybridized carbons (Fsp3) is 0.833. The molecule has 2 bridgehead atoms. The number of rotatable bonds is 18. The number of carbonyl (C=O) groups excluding carboxylic acids is 1. The molecule has 0 aromatic rings. The minimum Gasteiger partial charge on any atom is -0.481 e. The average molecular weight is 487 g/mol. The quantitative estimate of drug-likeness (QED) is 0.202. The first kappa shape index (κ1) is 27.8. The van der Waals surface area contributed by atoms with Crippen molar-refractivity contribution in [3.8, 4) is 0 Å². The maximum atomic E-state index is 11.9. The minimum absolute atomic E-state index is 0.0679. The molecule has 2 aliphatic heterocycles. The summed E-state index contributed by atoms with van der Waals surface area (Å²) >= 11 is 0. The Morgan fingerprint density at radius 3 is 2.52 bits per heavy atom. The normalized spacial score (nSPS) is 24.5. The van der Waals surface area contributed by atoms with Crippen molar-refractivity contribution >= 4 is 21.9 Å². The highest BCUT2D eigenvalue weighted by Crippen LogP contribution is 2.47. The smallest absolute Gasteiger partial charge is 0.303 e. The third kappa shape index (κ3) is 10.6. The lowest BCUT2D eigenvalue weighted by atomic mass is 9.75. The molecule has 3 N–H and O–H groups in total. The van der Waals surface area contributed by atoms with Gasteiger partial charge in [0.1, 0.15) is 0 Å². The maximum Gasteiger partial charge on any atom is 0.303 e. The number of amides is 1. The molecule has 2 saturated heterocycles. The second-order valence-corrected chi connectivity index (χ2v) is 11.2. The van der Waals surface area contributed by atoms with E-state index in [1.54, 1.807) is 0 Å². The Labute approximate surface area is 199 Å². The van der Waals surface area contributed by atoms with Gasteiger partial charge in [-0.1, -0.05) is 38.3 Å². The molecule has 0 aromatic carbocycles. The standard InChI is InChI=1S/C24H42N2O6S/c1-2-3-10-17-33(30,31)26-18-23(27)25-16-9-8-12-20-19(21-14-15-22(20)32-21)11-6-4-5-7-13-24(28)29/h4,6,19-22,26H,2-3,5,7-18H2,1H3,(H,25,27)(H,28,29)/b6-4-/t19-,20+,21-,22+/m1/s1. The summed E-state index contributed by atoms with van der Waals surface area (Å²) in [6, 6.07) is 0. The number of carboxylic acids is 1. The summed E-state index contributed by atoms with van der Waals surface area (Å²) < 4.78 is 32.2. The zero-order valence-electron chi connectivity index (χ0n) is 20.0. The van der Waals surface area contributed by atoms with Crippen LogP contribution in [0.15, 0.2) is 12.2 Å². The molecule has 2 heterocycles. The summed E-state index contributed by atoms with van der Waals surface area (Å²) in [5.41, 5.74) is 0. The summed E-state index contributed by atoms with van der Waals surface area (Å²) in [6.07, 6.45) is 15.3. The molecule has 0 unspecified atom stereocenters. The molecule has 1 amide bonds. The molecule has 8 nitrogen and oxygen atoms in total. The summed E-state index contributed by atoms with van der Waals surface area (Å²) in [7, 11) is -3.38. The molecule has 4 atom stereocenters. The highest BCUT2D eigenvalue weighted by molar-refractivity contribution is 7.89. The van der Waals surface area contributed by atoms with Gasteiger partial charge in [-0.2, -0.15) is 0 Å². The molecule has 0 aliphatic carbocycles. The van der Waals surface area contributed by atoms with Crippen LogP contribution < -0.4 is 10.0 Å². The van der Waals surface area contributed by atoms with Crippen LogP contribution in [0.1, 0.15) is 84.0 Å². The van der Waals surface area contributed by atoms with Gasteiger partial charge in [-0.05, 0) is 63.2 Å². The summed E-state index contributed by atoms with van der Waals surface area (Å²) in [6.45, 7) is 2.37. The van der Waals surface area contributed by atoms with Crippen LogP contribution in [0.2, 0.25) is 0 Å². The minimum atomic E-state index is -3.38. The van der Waals surface area contributed by atoms with Crippen LogP contribution in [0.4, 0.5) is 0 Å². The van der Waals surface area contributed by atoms with Crippen molar-refractivity contribution in [1.29, 1.82) is 0 Å². The van der Waals surface area contributed by atoms with Gasteiger partial charge in [0, 0.05) is 13.0 Å². The van der Waals surface area contributed by atoms with Gasteiger partial charge in [0.05, 0.1) is 24.5 Å². The van der Waals surface area contributed by atoms with Crippen LogP contribution in [-0.4, -0.2) is 56.5 Å². The number of sulfonamides is 1. The fourth-order valence-corrected chi connectivity index (χ4v) is 6.00. The Hall–Kier alpha value is -1.45. The van der Waals surface area contributed by atoms with E-state index in [1.807, 2.05) is 6.92 Å². The number of carboxylic acid groups (broad SMARTS) is 1. The van der Waals surface area contributed by atoms with E-state index >= 15 is 0 Å². The van der Waals surface area contributed by atoms with Gasteiger partial charge in [0.25, 0.3) is 0 Å². The van der Waals surface area contributed by atoms with E-state index in [1.165, 1.54) is 0 Å². The molecule has 0 radical (unpaired) electrons. The second kappa shape index (κ2) is 14.7. The Morgan fingerprint density at radius 2 is 1.79 bits per heavy atom. The Balaban J connectivity index is 1.60.